The zero-order valence-corrected chi connectivity index (χ0v) is 12.6. The summed E-state index contributed by atoms with van der Waals surface area (Å²) < 4.78 is 5.02. The molecule has 0 bridgehead atoms. The average Bonchev–Trinajstić information content (AvgIpc) is 3.25. The molecule has 0 aromatic rings. The van der Waals surface area contributed by atoms with Crippen LogP contribution in [0.2, 0.25) is 0 Å². The minimum Gasteiger partial charge on any atom is -0.468 e. The van der Waals surface area contributed by atoms with Gasteiger partial charge in [0, 0.05) is 18.6 Å². The van der Waals surface area contributed by atoms with Crippen molar-refractivity contribution in [1.82, 2.24) is 10.2 Å². The summed E-state index contributed by atoms with van der Waals surface area (Å²) in [5, 5.41) is 3.49. The summed E-state index contributed by atoms with van der Waals surface area (Å²) in [7, 11) is 1.49. The number of nitrogens with one attached hydrogen (secondary N) is 1. The lowest BCUT2D eigenvalue weighted by molar-refractivity contribution is -0.149. The van der Waals surface area contributed by atoms with Gasteiger partial charge in [-0.15, -0.1) is 0 Å². The predicted molar refractivity (Wildman–Crippen MR) is 76.1 cm³/mol. The second-order valence-corrected chi connectivity index (χ2v) is 6.30. The van der Waals surface area contributed by atoms with Crippen LogP contribution in [0.3, 0.4) is 0 Å². The predicted octanol–water partition coefficient (Wildman–Crippen LogP) is 1.93. The summed E-state index contributed by atoms with van der Waals surface area (Å²) >= 11 is 0. The van der Waals surface area contributed by atoms with Crippen molar-refractivity contribution in [3.8, 4) is 0 Å². The van der Waals surface area contributed by atoms with Crippen molar-refractivity contribution < 1.29 is 9.53 Å². The fraction of sp³-hybridized carbons (Fsp3) is 0.933. The third-order valence-electron chi connectivity index (χ3n) is 4.12. The summed E-state index contributed by atoms with van der Waals surface area (Å²) in [6.45, 7) is 6.09. The second kappa shape index (κ2) is 6.23. The minimum absolute atomic E-state index is 0.124. The van der Waals surface area contributed by atoms with E-state index in [0.29, 0.717) is 12.1 Å². The normalized spacial score (nSPS) is 22.3. The number of ether oxygens (including phenoxy) is 1. The molecule has 0 radical (unpaired) electrons. The van der Waals surface area contributed by atoms with E-state index in [-0.39, 0.29) is 5.97 Å². The first kappa shape index (κ1) is 14.8. The van der Waals surface area contributed by atoms with Gasteiger partial charge in [0.05, 0.1) is 7.11 Å². The van der Waals surface area contributed by atoms with E-state index in [1.165, 1.54) is 45.6 Å². The molecule has 2 aliphatic rings. The first-order valence-electron chi connectivity index (χ1n) is 7.69. The van der Waals surface area contributed by atoms with Gasteiger partial charge in [0.1, 0.15) is 5.54 Å². The quantitative estimate of drug-likeness (QED) is 0.649. The fourth-order valence-corrected chi connectivity index (χ4v) is 2.67. The molecule has 0 aromatic carbocycles. The number of esters is 1. The van der Waals surface area contributed by atoms with Crippen LogP contribution in [-0.2, 0) is 9.53 Å². The Balaban J connectivity index is 1.97. The molecule has 0 aromatic heterocycles. The van der Waals surface area contributed by atoms with E-state index in [4.69, 9.17) is 4.74 Å². The molecule has 1 atom stereocenters. The van der Waals surface area contributed by atoms with Gasteiger partial charge in [-0.2, -0.15) is 0 Å². The van der Waals surface area contributed by atoms with Crippen molar-refractivity contribution in [3.05, 3.63) is 0 Å². The summed E-state index contributed by atoms with van der Waals surface area (Å²) in [6.07, 6.45) is 7.34. The average molecular weight is 268 g/mol. The van der Waals surface area contributed by atoms with Gasteiger partial charge in [0.2, 0.25) is 0 Å². The van der Waals surface area contributed by atoms with Gasteiger partial charge in [-0.3, -0.25) is 15.0 Å². The van der Waals surface area contributed by atoms with Gasteiger partial charge in [-0.05, 0) is 45.6 Å². The highest BCUT2D eigenvalue weighted by atomic mass is 16.5. The first-order chi connectivity index (χ1) is 9.09. The molecule has 0 amide bonds. The molecule has 0 aliphatic heterocycles. The molecule has 2 aliphatic carbocycles. The van der Waals surface area contributed by atoms with Crippen LogP contribution in [0.25, 0.3) is 0 Å². The third kappa shape index (κ3) is 4.18. The summed E-state index contributed by atoms with van der Waals surface area (Å²) in [4.78, 5) is 14.6. The molecule has 0 spiro atoms. The Hall–Kier alpha value is -0.610. The highest BCUT2D eigenvalue weighted by Crippen LogP contribution is 2.30. The van der Waals surface area contributed by atoms with Crippen molar-refractivity contribution in [3.63, 3.8) is 0 Å². The van der Waals surface area contributed by atoms with Crippen molar-refractivity contribution in [2.45, 2.75) is 70.0 Å². The van der Waals surface area contributed by atoms with E-state index in [1.54, 1.807) is 0 Å². The monoisotopic (exact) mass is 268 g/mol. The number of hydrogen-bond donors (Lipinski definition) is 1. The molecule has 0 saturated heterocycles. The largest absolute Gasteiger partial charge is 0.468 e. The number of carbonyl (C=O) groups is 1. The number of rotatable bonds is 9. The second-order valence-electron chi connectivity index (χ2n) is 6.30. The number of methoxy groups -OCH3 is 1. The van der Waals surface area contributed by atoms with Crippen LogP contribution in [0, 0.1) is 0 Å². The van der Waals surface area contributed by atoms with Gasteiger partial charge in [-0.1, -0.05) is 13.3 Å². The third-order valence-corrected chi connectivity index (χ3v) is 4.12. The van der Waals surface area contributed by atoms with Crippen LogP contribution >= 0.6 is 0 Å². The maximum atomic E-state index is 12.1. The van der Waals surface area contributed by atoms with E-state index in [2.05, 4.69) is 17.1 Å². The molecule has 0 heterocycles. The SMILES string of the molecule is CCCCN(CC(C)(NC1CC1)C(=O)OC)C1CC1. The van der Waals surface area contributed by atoms with Gasteiger partial charge in [0.25, 0.3) is 0 Å². The van der Waals surface area contributed by atoms with E-state index in [1.807, 2.05) is 6.92 Å². The summed E-state index contributed by atoms with van der Waals surface area (Å²) in [6, 6.07) is 1.20. The maximum absolute atomic E-state index is 12.1. The highest BCUT2D eigenvalue weighted by Gasteiger charge is 2.43. The molecule has 19 heavy (non-hydrogen) atoms. The molecule has 1 N–H and O–H groups in total. The number of nitrogens with zero attached hydrogens (tertiary/aromatic N) is 1. The van der Waals surface area contributed by atoms with Gasteiger partial charge < -0.3 is 4.74 Å². The molecule has 2 saturated carbocycles. The van der Waals surface area contributed by atoms with E-state index < -0.39 is 5.54 Å². The minimum atomic E-state index is -0.549. The number of unbranched alkanes of at least 4 members (excludes halogenated alkanes) is 1. The van der Waals surface area contributed by atoms with Gasteiger partial charge >= 0.3 is 5.97 Å². The standard InChI is InChI=1S/C15H28N2O2/c1-4-5-10-17(13-8-9-13)11-15(2,14(18)19-3)16-12-6-7-12/h12-13,16H,4-11H2,1-3H3. The molecule has 4 heteroatoms. The highest BCUT2D eigenvalue weighted by molar-refractivity contribution is 5.80. The van der Waals surface area contributed by atoms with Crippen LogP contribution in [0.1, 0.15) is 52.4 Å². The Morgan fingerprint density at radius 3 is 2.53 bits per heavy atom. The van der Waals surface area contributed by atoms with Crippen molar-refractivity contribution in [2.24, 2.45) is 0 Å². The van der Waals surface area contributed by atoms with Crippen molar-refractivity contribution in [2.75, 3.05) is 20.2 Å². The molecule has 2 fully saturated rings. The van der Waals surface area contributed by atoms with Crippen molar-refractivity contribution in [1.29, 1.82) is 0 Å². The zero-order valence-electron chi connectivity index (χ0n) is 12.6. The Bertz CT molecular complexity index is 313. The molecule has 4 nitrogen and oxygen atoms in total. The lowest BCUT2D eigenvalue weighted by Crippen LogP contribution is -2.58. The molecular formula is C15H28N2O2. The smallest absolute Gasteiger partial charge is 0.327 e. The van der Waals surface area contributed by atoms with Crippen LogP contribution in [0.15, 0.2) is 0 Å². The van der Waals surface area contributed by atoms with Gasteiger partial charge in [0.15, 0.2) is 0 Å². The van der Waals surface area contributed by atoms with Crippen LogP contribution in [-0.4, -0.2) is 48.7 Å². The fourth-order valence-electron chi connectivity index (χ4n) is 2.67. The zero-order chi connectivity index (χ0) is 13.9. The van der Waals surface area contributed by atoms with Crippen LogP contribution < -0.4 is 5.32 Å². The van der Waals surface area contributed by atoms with E-state index in [0.717, 1.165) is 13.1 Å². The first-order valence-corrected chi connectivity index (χ1v) is 7.69. The van der Waals surface area contributed by atoms with Crippen LogP contribution in [0.5, 0.6) is 0 Å². The lowest BCUT2D eigenvalue weighted by Gasteiger charge is -2.34. The maximum Gasteiger partial charge on any atom is 0.327 e. The Morgan fingerprint density at radius 1 is 1.37 bits per heavy atom. The topological polar surface area (TPSA) is 41.6 Å². The Labute approximate surface area is 116 Å². The van der Waals surface area contributed by atoms with Crippen LogP contribution in [0.4, 0.5) is 0 Å². The molecular weight excluding hydrogens is 240 g/mol. The van der Waals surface area contributed by atoms with Crippen molar-refractivity contribution >= 4 is 5.97 Å². The summed E-state index contributed by atoms with van der Waals surface area (Å²) in [5.41, 5.74) is -0.549. The Kier molecular flexibility index (Phi) is 4.85. The Morgan fingerprint density at radius 2 is 2.05 bits per heavy atom. The van der Waals surface area contributed by atoms with E-state index >= 15 is 0 Å². The number of hydrogen-bond acceptors (Lipinski definition) is 4. The molecule has 2 rings (SSSR count). The lowest BCUT2D eigenvalue weighted by atomic mass is 10.0. The van der Waals surface area contributed by atoms with E-state index in [9.17, 15) is 4.79 Å². The molecule has 1 unspecified atom stereocenters. The summed E-state index contributed by atoms with van der Waals surface area (Å²) in [5.74, 6) is -0.124. The number of carbonyl (C=O) groups excluding carboxylic acids is 1. The van der Waals surface area contributed by atoms with Gasteiger partial charge in [-0.25, -0.2) is 0 Å². The molecule has 110 valence electrons.